The van der Waals surface area contributed by atoms with Crippen LogP contribution < -0.4 is 10.6 Å². The third-order valence-corrected chi connectivity index (χ3v) is 3.83. The van der Waals surface area contributed by atoms with Crippen LogP contribution in [0.1, 0.15) is 28.7 Å². The number of rotatable bonds is 6. The summed E-state index contributed by atoms with van der Waals surface area (Å²) < 4.78 is 5.10. The van der Waals surface area contributed by atoms with Gasteiger partial charge < -0.3 is 15.4 Å². The molecule has 0 aliphatic carbocycles. The number of anilines is 4. The molecule has 0 radical (unpaired) electrons. The van der Waals surface area contributed by atoms with Gasteiger partial charge in [0.2, 0.25) is 0 Å². The van der Waals surface area contributed by atoms with E-state index in [-0.39, 0.29) is 0 Å². The zero-order valence-corrected chi connectivity index (χ0v) is 15.6. The first kappa shape index (κ1) is 18.9. The van der Waals surface area contributed by atoms with Crippen LogP contribution in [0, 0.1) is 18.3 Å². The molecule has 7 heteroatoms. The highest BCUT2D eigenvalue weighted by Crippen LogP contribution is 2.24. The quantitative estimate of drug-likeness (QED) is 0.621. The Kier molecular flexibility index (Phi) is 5.82. The molecule has 0 atom stereocenters. The molecule has 0 aliphatic rings. The Hall–Kier alpha value is -3.92. The van der Waals surface area contributed by atoms with Crippen LogP contribution in [-0.2, 0) is 4.74 Å². The maximum absolute atomic E-state index is 12.2. The number of hydrogen-bond donors (Lipinski definition) is 2. The molecule has 0 amide bonds. The number of esters is 1. The fraction of sp³-hybridized carbons (Fsp3) is 0.143. The van der Waals surface area contributed by atoms with Crippen molar-refractivity contribution >= 4 is 29.0 Å². The Morgan fingerprint density at radius 2 is 1.64 bits per heavy atom. The van der Waals surface area contributed by atoms with E-state index in [1.54, 1.807) is 56.3 Å². The van der Waals surface area contributed by atoms with Crippen LogP contribution in [0.5, 0.6) is 0 Å². The van der Waals surface area contributed by atoms with Crippen LogP contribution in [0.25, 0.3) is 0 Å². The van der Waals surface area contributed by atoms with Crippen molar-refractivity contribution in [1.29, 1.82) is 5.26 Å². The fourth-order valence-electron chi connectivity index (χ4n) is 2.64. The average molecular weight is 373 g/mol. The Morgan fingerprint density at radius 1 is 1.04 bits per heavy atom. The number of carbonyl (C=O) groups excluding carboxylic acids is 1. The van der Waals surface area contributed by atoms with Crippen LogP contribution >= 0.6 is 0 Å². The third-order valence-electron chi connectivity index (χ3n) is 3.83. The lowest BCUT2D eigenvalue weighted by atomic mass is 10.2. The highest BCUT2D eigenvalue weighted by molar-refractivity contribution is 5.96. The van der Waals surface area contributed by atoms with Gasteiger partial charge in [-0.15, -0.1) is 0 Å². The van der Waals surface area contributed by atoms with Gasteiger partial charge in [0, 0.05) is 6.07 Å². The first-order valence-electron chi connectivity index (χ1n) is 8.75. The zero-order chi connectivity index (χ0) is 19.9. The van der Waals surface area contributed by atoms with Crippen LogP contribution in [0.3, 0.4) is 0 Å². The predicted molar refractivity (Wildman–Crippen MR) is 107 cm³/mol. The summed E-state index contributed by atoms with van der Waals surface area (Å²) >= 11 is 0. The number of nitrogens with zero attached hydrogens (tertiary/aromatic N) is 3. The number of carbonyl (C=O) groups is 1. The molecule has 0 unspecified atom stereocenters. The van der Waals surface area contributed by atoms with E-state index < -0.39 is 5.97 Å². The molecule has 1 heterocycles. The molecule has 0 fully saturated rings. The Balaban J connectivity index is 1.89. The van der Waals surface area contributed by atoms with Gasteiger partial charge in [-0.1, -0.05) is 24.3 Å². The Morgan fingerprint density at radius 3 is 2.32 bits per heavy atom. The summed E-state index contributed by atoms with van der Waals surface area (Å²) in [6, 6.07) is 18.1. The van der Waals surface area contributed by atoms with E-state index in [4.69, 9.17) is 4.74 Å². The highest BCUT2D eigenvalue weighted by Gasteiger charge is 2.13. The lowest BCUT2D eigenvalue weighted by molar-refractivity contribution is 0.0527. The molecule has 7 nitrogen and oxygen atoms in total. The molecule has 0 aliphatic heterocycles. The summed E-state index contributed by atoms with van der Waals surface area (Å²) in [7, 11) is 0. The second-order valence-electron chi connectivity index (χ2n) is 5.86. The van der Waals surface area contributed by atoms with Gasteiger partial charge in [-0.3, -0.25) is 0 Å². The third kappa shape index (κ3) is 4.43. The number of nitrogens with one attached hydrogen (secondary N) is 2. The van der Waals surface area contributed by atoms with Gasteiger partial charge in [0.05, 0.1) is 29.1 Å². The van der Waals surface area contributed by atoms with Crippen molar-refractivity contribution in [2.45, 2.75) is 13.8 Å². The van der Waals surface area contributed by atoms with Crippen molar-refractivity contribution in [2.24, 2.45) is 0 Å². The normalized spacial score (nSPS) is 10.0. The number of benzene rings is 2. The minimum Gasteiger partial charge on any atom is -0.462 e. The van der Waals surface area contributed by atoms with Crippen molar-refractivity contribution in [3.63, 3.8) is 0 Å². The molecular formula is C21H19N5O2. The molecule has 28 heavy (non-hydrogen) atoms. The summed E-state index contributed by atoms with van der Waals surface area (Å²) in [6.45, 7) is 3.83. The summed E-state index contributed by atoms with van der Waals surface area (Å²) in [5.41, 5.74) is 2.18. The summed E-state index contributed by atoms with van der Waals surface area (Å²) in [4.78, 5) is 20.9. The average Bonchev–Trinajstić information content (AvgIpc) is 2.68. The van der Waals surface area contributed by atoms with Crippen LogP contribution in [-0.4, -0.2) is 22.5 Å². The first-order chi connectivity index (χ1) is 13.6. The maximum Gasteiger partial charge on any atom is 0.340 e. The molecule has 0 bridgehead atoms. The van der Waals surface area contributed by atoms with Gasteiger partial charge in [-0.05, 0) is 38.1 Å². The topological polar surface area (TPSA) is 99.9 Å². The standard InChI is InChI=1S/C21H19N5O2/c1-3-28-21(27)16-9-5-7-11-18(16)26-20-12-19(23-14(2)24-20)25-17-10-6-4-8-15(17)13-22/h4-12H,3H2,1-2H3,(H2,23,24,25,26). The number of nitriles is 1. The largest absolute Gasteiger partial charge is 0.462 e. The number of para-hydroxylation sites is 2. The number of aromatic nitrogens is 2. The molecule has 0 spiro atoms. The monoisotopic (exact) mass is 373 g/mol. The molecule has 3 aromatic rings. The number of ether oxygens (including phenoxy) is 1. The molecule has 0 saturated carbocycles. The molecular weight excluding hydrogens is 354 g/mol. The van der Waals surface area contributed by atoms with Crippen molar-refractivity contribution in [3.05, 3.63) is 71.5 Å². The molecule has 1 aromatic heterocycles. The van der Waals surface area contributed by atoms with Gasteiger partial charge in [0.1, 0.15) is 23.5 Å². The van der Waals surface area contributed by atoms with Crippen LogP contribution in [0.2, 0.25) is 0 Å². The van der Waals surface area contributed by atoms with E-state index >= 15 is 0 Å². The van der Waals surface area contributed by atoms with E-state index in [1.807, 2.05) is 12.1 Å². The predicted octanol–water partition coefficient (Wildman–Crippen LogP) is 4.32. The smallest absolute Gasteiger partial charge is 0.340 e. The Labute approximate surface area is 163 Å². The summed E-state index contributed by atoms with van der Waals surface area (Å²) in [6.07, 6.45) is 0. The van der Waals surface area contributed by atoms with Gasteiger partial charge >= 0.3 is 5.97 Å². The second-order valence-corrected chi connectivity index (χ2v) is 5.86. The molecule has 3 rings (SSSR count). The van der Waals surface area contributed by atoms with Gasteiger partial charge in [-0.2, -0.15) is 5.26 Å². The molecule has 2 aromatic carbocycles. The van der Waals surface area contributed by atoms with Crippen molar-refractivity contribution in [3.8, 4) is 6.07 Å². The fourth-order valence-corrected chi connectivity index (χ4v) is 2.64. The van der Waals surface area contributed by atoms with Crippen LogP contribution in [0.15, 0.2) is 54.6 Å². The summed E-state index contributed by atoms with van der Waals surface area (Å²) in [5, 5.41) is 15.5. The SMILES string of the molecule is CCOC(=O)c1ccccc1Nc1cc(Nc2ccccc2C#N)nc(C)n1. The van der Waals surface area contributed by atoms with Crippen molar-refractivity contribution < 1.29 is 9.53 Å². The van der Waals surface area contributed by atoms with E-state index in [9.17, 15) is 10.1 Å². The van der Waals surface area contributed by atoms with E-state index in [0.717, 1.165) is 0 Å². The minimum absolute atomic E-state index is 0.298. The molecule has 0 saturated heterocycles. The zero-order valence-electron chi connectivity index (χ0n) is 15.6. The lowest BCUT2D eigenvalue weighted by Gasteiger charge is -2.13. The number of hydrogen-bond acceptors (Lipinski definition) is 7. The molecule has 2 N–H and O–H groups in total. The van der Waals surface area contributed by atoms with Gasteiger partial charge in [0.15, 0.2) is 0 Å². The van der Waals surface area contributed by atoms with E-state index in [1.165, 1.54) is 0 Å². The first-order valence-corrected chi connectivity index (χ1v) is 8.75. The van der Waals surface area contributed by atoms with Crippen molar-refractivity contribution in [2.75, 3.05) is 17.2 Å². The minimum atomic E-state index is -0.405. The Bertz CT molecular complexity index is 1040. The van der Waals surface area contributed by atoms with Gasteiger partial charge in [0.25, 0.3) is 0 Å². The van der Waals surface area contributed by atoms with Crippen molar-refractivity contribution in [1.82, 2.24) is 9.97 Å². The lowest BCUT2D eigenvalue weighted by Crippen LogP contribution is -2.09. The van der Waals surface area contributed by atoms with E-state index in [0.29, 0.717) is 46.6 Å². The highest BCUT2D eigenvalue weighted by atomic mass is 16.5. The number of aryl methyl sites for hydroxylation is 1. The maximum atomic E-state index is 12.2. The van der Waals surface area contributed by atoms with Crippen LogP contribution in [0.4, 0.5) is 23.0 Å². The molecule has 140 valence electrons. The second kappa shape index (κ2) is 8.64. The van der Waals surface area contributed by atoms with E-state index in [2.05, 4.69) is 26.7 Å². The summed E-state index contributed by atoms with van der Waals surface area (Å²) in [5.74, 6) is 1.18. The van der Waals surface area contributed by atoms with Gasteiger partial charge in [-0.25, -0.2) is 14.8 Å².